The normalized spacial score (nSPS) is 41.3. The van der Waals surface area contributed by atoms with E-state index in [0.29, 0.717) is 17.6 Å². The van der Waals surface area contributed by atoms with Crippen molar-refractivity contribution in [1.82, 2.24) is 0 Å². The lowest BCUT2D eigenvalue weighted by Crippen LogP contribution is -2.43. The van der Waals surface area contributed by atoms with Crippen molar-refractivity contribution >= 4 is 0 Å². The number of ether oxygens (including phenoxy) is 1. The Bertz CT molecular complexity index is 622. The van der Waals surface area contributed by atoms with Gasteiger partial charge < -0.3 is 4.74 Å². The van der Waals surface area contributed by atoms with Gasteiger partial charge in [-0.1, -0.05) is 25.7 Å². The van der Waals surface area contributed by atoms with Crippen LogP contribution < -0.4 is 0 Å². The van der Waals surface area contributed by atoms with Gasteiger partial charge in [0.25, 0.3) is 0 Å². The van der Waals surface area contributed by atoms with E-state index in [1.807, 2.05) is 18.2 Å². The molecule has 0 aromatic rings. The molecule has 0 radical (unpaired) electrons. The van der Waals surface area contributed by atoms with Crippen molar-refractivity contribution < 1.29 is 4.74 Å². The highest BCUT2D eigenvalue weighted by atomic mass is 16.5. The van der Waals surface area contributed by atoms with E-state index in [9.17, 15) is 10.5 Å². The SMILES string of the molecule is CC1=CC(=C(C#N)C#N)OC12C1CCCCC1C1CCCCC12. The number of hydrogen-bond donors (Lipinski definition) is 0. The van der Waals surface area contributed by atoms with Crippen molar-refractivity contribution in [3.8, 4) is 12.1 Å². The molecule has 0 saturated heterocycles. The van der Waals surface area contributed by atoms with E-state index in [1.165, 1.54) is 56.9 Å². The van der Waals surface area contributed by atoms with Crippen LogP contribution in [-0.4, -0.2) is 5.60 Å². The molecular formula is C20H24N2O. The molecule has 1 heterocycles. The van der Waals surface area contributed by atoms with E-state index >= 15 is 0 Å². The van der Waals surface area contributed by atoms with E-state index < -0.39 is 0 Å². The second kappa shape index (κ2) is 5.41. The molecule has 0 N–H and O–H groups in total. The summed E-state index contributed by atoms with van der Waals surface area (Å²) in [4.78, 5) is 0. The van der Waals surface area contributed by atoms with E-state index in [2.05, 4.69) is 6.92 Å². The molecule has 1 aliphatic heterocycles. The van der Waals surface area contributed by atoms with Gasteiger partial charge >= 0.3 is 0 Å². The van der Waals surface area contributed by atoms with Crippen molar-refractivity contribution in [1.29, 1.82) is 10.5 Å². The smallest absolute Gasteiger partial charge is 0.171 e. The first kappa shape index (κ1) is 14.8. The quantitative estimate of drug-likeness (QED) is 0.613. The van der Waals surface area contributed by atoms with E-state index in [0.717, 1.165) is 11.8 Å². The molecule has 4 rings (SSSR count). The molecule has 3 fully saturated rings. The Morgan fingerprint density at radius 1 is 1.00 bits per heavy atom. The fraction of sp³-hybridized carbons (Fsp3) is 0.700. The molecule has 4 atom stereocenters. The van der Waals surface area contributed by atoms with Gasteiger partial charge in [-0.25, -0.2) is 0 Å². The van der Waals surface area contributed by atoms with Crippen LogP contribution in [0.25, 0.3) is 0 Å². The highest BCUT2D eigenvalue weighted by Gasteiger charge is 2.64. The maximum Gasteiger partial charge on any atom is 0.171 e. The molecule has 0 amide bonds. The van der Waals surface area contributed by atoms with Crippen LogP contribution in [-0.2, 0) is 4.74 Å². The van der Waals surface area contributed by atoms with Crippen molar-refractivity contribution in [2.75, 3.05) is 0 Å². The Labute approximate surface area is 138 Å². The molecule has 3 saturated carbocycles. The summed E-state index contributed by atoms with van der Waals surface area (Å²) < 4.78 is 6.55. The van der Waals surface area contributed by atoms with Crippen LogP contribution >= 0.6 is 0 Å². The van der Waals surface area contributed by atoms with E-state index in [-0.39, 0.29) is 11.2 Å². The Morgan fingerprint density at radius 2 is 1.52 bits per heavy atom. The second-order valence-corrected chi connectivity index (χ2v) is 7.79. The minimum Gasteiger partial charge on any atom is -0.480 e. The van der Waals surface area contributed by atoms with Gasteiger partial charge in [-0.3, -0.25) is 0 Å². The number of nitrogens with zero attached hydrogens (tertiary/aromatic N) is 2. The number of hydrogen-bond acceptors (Lipinski definition) is 3. The highest BCUT2D eigenvalue weighted by molar-refractivity contribution is 5.48. The first-order chi connectivity index (χ1) is 11.2. The predicted octanol–water partition coefficient (Wildman–Crippen LogP) is 4.63. The largest absolute Gasteiger partial charge is 0.480 e. The summed E-state index contributed by atoms with van der Waals surface area (Å²) in [6.07, 6.45) is 12.4. The Hall–Kier alpha value is -1.74. The molecular weight excluding hydrogens is 284 g/mol. The summed E-state index contributed by atoms with van der Waals surface area (Å²) in [6, 6.07) is 4.03. The average Bonchev–Trinajstić information content (AvgIpc) is 3.08. The standard InChI is InChI=1S/C20H24N2O/c1-13-10-19(14(11-21)12-22)23-20(13)17-8-4-2-6-15(17)16-7-3-5-9-18(16)20/h10,15-18H,2-9H2,1H3. The van der Waals surface area contributed by atoms with Crippen LogP contribution in [0.4, 0.5) is 0 Å². The minimum atomic E-state index is -0.218. The molecule has 4 aliphatic rings. The zero-order valence-corrected chi connectivity index (χ0v) is 13.8. The third kappa shape index (κ3) is 1.92. The van der Waals surface area contributed by atoms with Crippen molar-refractivity contribution in [2.24, 2.45) is 23.7 Å². The van der Waals surface area contributed by atoms with Crippen LogP contribution in [0.1, 0.15) is 58.3 Å². The van der Waals surface area contributed by atoms with Crippen LogP contribution in [0.3, 0.4) is 0 Å². The summed E-state index contributed by atoms with van der Waals surface area (Å²) in [5.74, 6) is 3.25. The third-order valence-corrected chi connectivity index (χ3v) is 7.00. The third-order valence-electron chi connectivity index (χ3n) is 7.00. The van der Waals surface area contributed by atoms with Gasteiger partial charge in [0.15, 0.2) is 5.57 Å². The zero-order chi connectivity index (χ0) is 16.0. The minimum absolute atomic E-state index is 0.132. The second-order valence-electron chi connectivity index (χ2n) is 7.79. The van der Waals surface area contributed by atoms with Gasteiger partial charge in [-0.05, 0) is 56.1 Å². The Morgan fingerprint density at radius 3 is 2.04 bits per heavy atom. The summed E-state index contributed by atoms with van der Waals surface area (Å²) in [5, 5.41) is 18.5. The molecule has 0 bridgehead atoms. The first-order valence-electron chi connectivity index (χ1n) is 9.14. The zero-order valence-electron chi connectivity index (χ0n) is 13.8. The van der Waals surface area contributed by atoms with Crippen molar-refractivity contribution in [2.45, 2.75) is 63.9 Å². The molecule has 3 heteroatoms. The molecule has 120 valence electrons. The summed E-state index contributed by atoms with van der Waals surface area (Å²) >= 11 is 0. The van der Waals surface area contributed by atoms with Crippen molar-refractivity contribution in [3.63, 3.8) is 0 Å². The van der Waals surface area contributed by atoms with Gasteiger partial charge in [0.2, 0.25) is 0 Å². The lowest BCUT2D eigenvalue weighted by atomic mass is 9.71. The van der Waals surface area contributed by atoms with E-state index in [1.54, 1.807) is 0 Å². The molecule has 4 unspecified atom stereocenters. The van der Waals surface area contributed by atoms with Crippen LogP contribution in [0.5, 0.6) is 0 Å². The van der Waals surface area contributed by atoms with Gasteiger partial charge in [-0.15, -0.1) is 0 Å². The summed E-state index contributed by atoms with van der Waals surface area (Å²) in [6.45, 7) is 2.17. The number of fused-ring (bicyclic) bond motifs is 5. The monoisotopic (exact) mass is 308 g/mol. The molecule has 3 aliphatic carbocycles. The fourth-order valence-corrected chi connectivity index (χ4v) is 6.28. The first-order valence-corrected chi connectivity index (χ1v) is 9.14. The average molecular weight is 308 g/mol. The van der Waals surface area contributed by atoms with Crippen LogP contribution in [0.2, 0.25) is 0 Å². The molecule has 3 nitrogen and oxygen atoms in total. The van der Waals surface area contributed by atoms with Crippen LogP contribution in [0, 0.1) is 46.3 Å². The summed E-state index contributed by atoms with van der Waals surface area (Å²) in [7, 11) is 0. The van der Waals surface area contributed by atoms with Gasteiger partial charge in [0.1, 0.15) is 23.5 Å². The Kier molecular flexibility index (Phi) is 3.49. The number of nitriles is 2. The predicted molar refractivity (Wildman–Crippen MR) is 86.7 cm³/mol. The van der Waals surface area contributed by atoms with Gasteiger partial charge in [0, 0.05) is 11.8 Å². The molecule has 0 aromatic heterocycles. The summed E-state index contributed by atoms with van der Waals surface area (Å²) in [5.41, 5.74) is 1.18. The maximum atomic E-state index is 9.23. The van der Waals surface area contributed by atoms with E-state index in [4.69, 9.17) is 4.74 Å². The molecule has 1 spiro atoms. The number of rotatable bonds is 0. The lowest BCUT2D eigenvalue weighted by Gasteiger charge is -2.41. The van der Waals surface area contributed by atoms with Gasteiger partial charge in [0.05, 0.1) is 0 Å². The van der Waals surface area contributed by atoms with Crippen LogP contribution in [0.15, 0.2) is 23.0 Å². The highest BCUT2D eigenvalue weighted by Crippen LogP contribution is 2.64. The molecule has 0 aromatic carbocycles. The molecule has 23 heavy (non-hydrogen) atoms. The fourth-order valence-electron chi connectivity index (χ4n) is 6.28. The Balaban J connectivity index is 1.80. The lowest BCUT2D eigenvalue weighted by molar-refractivity contribution is -0.0357. The van der Waals surface area contributed by atoms with Gasteiger partial charge in [-0.2, -0.15) is 10.5 Å². The van der Waals surface area contributed by atoms with Crippen molar-refractivity contribution in [3.05, 3.63) is 23.0 Å². The number of allylic oxidation sites excluding steroid dienone is 2. The maximum absolute atomic E-state index is 9.23. The topological polar surface area (TPSA) is 56.8 Å².